The van der Waals surface area contributed by atoms with Gasteiger partial charge in [0.05, 0.1) is 0 Å². The van der Waals surface area contributed by atoms with Gasteiger partial charge in [-0.3, -0.25) is 9.59 Å². The lowest BCUT2D eigenvalue weighted by molar-refractivity contribution is -0.156. The number of likely N-dealkylation sites (N-methyl/N-ethyl adjacent to an activating group) is 1. The van der Waals surface area contributed by atoms with Gasteiger partial charge in [-0.15, -0.1) is 0 Å². The van der Waals surface area contributed by atoms with Crippen LogP contribution in [0, 0.1) is 0 Å². The van der Waals surface area contributed by atoms with Crippen LogP contribution >= 0.6 is 0 Å². The van der Waals surface area contributed by atoms with Crippen LogP contribution in [-0.2, 0) is 20.7 Å². The molecule has 0 saturated carbocycles. The second kappa shape index (κ2) is 8.77. The van der Waals surface area contributed by atoms with Crippen LogP contribution in [0.15, 0.2) is 30.3 Å². The summed E-state index contributed by atoms with van der Waals surface area (Å²) in [5.74, 6) is -0.740. The first-order chi connectivity index (χ1) is 10.7. The van der Waals surface area contributed by atoms with E-state index in [0.717, 1.165) is 5.56 Å². The number of esters is 1. The van der Waals surface area contributed by atoms with Crippen LogP contribution in [0.4, 0.5) is 4.39 Å². The number of alkyl halides is 1. The fraction of sp³-hybridized carbons (Fsp3) is 0.556. The minimum atomic E-state index is -1.49. The van der Waals surface area contributed by atoms with E-state index in [2.05, 4.69) is 5.32 Å². The topological polar surface area (TPSA) is 55.4 Å². The van der Waals surface area contributed by atoms with Crippen molar-refractivity contribution in [1.29, 1.82) is 0 Å². The van der Waals surface area contributed by atoms with E-state index >= 15 is 0 Å². The minimum absolute atomic E-state index is 0.00669. The molecule has 128 valence electrons. The Bertz CT molecular complexity index is 511. The molecule has 0 aliphatic rings. The SMILES string of the molecule is CN[C@@H](CC(C)(C)F)C(=O)O[C@H](C)C(=O)CCc1ccccc1. The van der Waals surface area contributed by atoms with Crippen molar-refractivity contribution in [3.05, 3.63) is 35.9 Å². The molecule has 0 bridgehead atoms. The lowest BCUT2D eigenvalue weighted by atomic mass is 10.0. The molecule has 0 aliphatic heterocycles. The number of carbonyl (C=O) groups excluding carboxylic acids is 2. The molecule has 0 amide bonds. The van der Waals surface area contributed by atoms with Gasteiger partial charge in [-0.2, -0.15) is 0 Å². The molecule has 23 heavy (non-hydrogen) atoms. The maximum absolute atomic E-state index is 13.7. The second-order valence-electron chi connectivity index (χ2n) is 6.30. The molecule has 2 atom stereocenters. The molecule has 0 aromatic heterocycles. The van der Waals surface area contributed by atoms with E-state index in [1.807, 2.05) is 30.3 Å². The van der Waals surface area contributed by atoms with Crippen molar-refractivity contribution in [3.8, 4) is 0 Å². The predicted molar refractivity (Wildman–Crippen MR) is 88.0 cm³/mol. The van der Waals surface area contributed by atoms with Gasteiger partial charge in [0, 0.05) is 12.8 Å². The molecule has 0 aliphatic carbocycles. The van der Waals surface area contributed by atoms with Gasteiger partial charge in [-0.05, 0) is 39.8 Å². The van der Waals surface area contributed by atoms with Crippen molar-refractivity contribution < 1.29 is 18.7 Å². The molecule has 0 unspecified atom stereocenters. The van der Waals surface area contributed by atoms with Crippen molar-refractivity contribution >= 4 is 11.8 Å². The zero-order valence-corrected chi connectivity index (χ0v) is 14.3. The second-order valence-corrected chi connectivity index (χ2v) is 6.30. The number of halogens is 1. The number of hydrogen-bond donors (Lipinski definition) is 1. The molecular weight excluding hydrogens is 297 g/mol. The predicted octanol–water partition coefficient (Wildman–Crippen LogP) is 2.85. The Balaban J connectivity index is 2.48. The van der Waals surface area contributed by atoms with Gasteiger partial charge in [0.25, 0.3) is 0 Å². The van der Waals surface area contributed by atoms with Crippen molar-refractivity contribution in [2.24, 2.45) is 0 Å². The Morgan fingerprint density at radius 3 is 2.39 bits per heavy atom. The number of benzene rings is 1. The molecule has 1 N–H and O–H groups in total. The van der Waals surface area contributed by atoms with Gasteiger partial charge >= 0.3 is 5.97 Å². The lowest BCUT2D eigenvalue weighted by Gasteiger charge is -2.23. The Hall–Kier alpha value is -1.75. The highest BCUT2D eigenvalue weighted by Crippen LogP contribution is 2.17. The van der Waals surface area contributed by atoms with Crippen LogP contribution in [0.2, 0.25) is 0 Å². The third-order valence-electron chi connectivity index (χ3n) is 3.57. The summed E-state index contributed by atoms with van der Waals surface area (Å²) in [6.45, 7) is 4.36. The summed E-state index contributed by atoms with van der Waals surface area (Å²) in [5.41, 5.74) is -0.431. The highest BCUT2D eigenvalue weighted by molar-refractivity contribution is 5.86. The lowest BCUT2D eigenvalue weighted by Crippen LogP contribution is -2.42. The minimum Gasteiger partial charge on any atom is -0.453 e. The van der Waals surface area contributed by atoms with Crippen LogP contribution in [0.3, 0.4) is 0 Å². The number of hydrogen-bond acceptors (Lipinski definition) is 4. The number of rotatable bonds is 9. The molecule has 0 fully saturated rings. The van der Waals surface area contributed by atoms with E-state index in [4.69, 9.17) is 4.74 Å². The fourth-order valence-electron chi connectivity index (χ4n) is 2.23. The molecule has 0 saturated heterocycles. The standard InChI is InChI=1S/C18H26FNO3/c1-13(16(21)11-10-14-8-6-5-7-9-14)23-17(22)15(20-4)12-18(2,3)19/h5-9,13,15,20H,10-12H2,1-4H3/t13-,15+/m1/s1. The normalized spacial score (nSPS) is 14.1. The van der Waals surface area contributed by atoms with E-state index in [0.29, 0.717) is 12.8 Å². The van der Waals surface area contributed by atoms with E-state index in [1.165, 1.54) is 13.8 Å². The Morgan fingerprint density at radius 1 is 1.26 bits per heavy atom. The molecule has 1 aromatic carbocycles. The number of aryl methyl sites for hydroxylation is 1. The van der Waals surface area contributed by atoms with Crippen molar-refractivity contribution in [3.63, 3.8) is 0 Å². The quantitative estimate of drug-likeness (QED) is 0.710. The average Bonchev–Trinajstić information content (AvgIpc) is 2.50. The summed E-state index contributed by atoms with van der Waals surface area (Å²) < 4.78 is 18.9. The molecule has 0 spiro atoms. The first kappa shape index (κ1) is 19.3. The summed E-state index contributed by atoms with van der Waals surface area (Å²) in [6.07, 6.45) is 0.0730. The summed E-state index contributed by atoms with van der Waals surface area (Å²) >= 11 is 0. The van der Waals surface area contributed by atoms with E-state index in [9.17, 15) is 14.0 Å². The number of nitrogens with one attached hydrogen (secondary N) is 1. The summed E-state index contributed by atoms with van der Waals surface area (Å²) in [7, 11) is 1.57. The summed E-state index contributed by atoms with van der Waals surface area (Å²) in [5, 5.41) is 2.73. The maximum atomic E-state index is 13.7. The smallest absolute Gasteiger partial charge is 0.323 e. The fourth-order valence-corrected chi connectivity index (χ4v) is 2.23. The summed E-state index contributed by atoms with van der Waals surface area (Å²) in [6, 6.07) is 8.88. The van der Waals surface area contributed by atoms with Gasteiger partial charge in [0.2, 0.25) is 0 Å². The third-order valence-corrected chi connectivity index (χ3v) is 3.57. The highest BCUT2D eigenvalue weighted by Gasteiger charge is 2.29. The molecule has 1 rings (SSSR count). The molecule has 1 aromatic rings. The molecule has 5 heteroatoms. The van der Waals surface area contributed by atoms with Crippen LogP contribution in [-0.4, -0.2) is 36.6 Å². The largest absolute Gasteiger partial charge is 0.453 e. The molecule has 0 radical (unpaired) electrons. The first-order valence-electron chi connectivity index (χ1n) is 7.86. The number of carbonyl (C=O) groups is 2. The van der Waals surface area contributed by atoms with Crippen molar-refractivity contribution in [2.75, 3.05) is 7.05 Å². The van der Waals surface area contributed by atoms with Crippen molar-refractivity contribution in [1.82, 2.24) is 5.32 Å². The number of ether oxygens (including phenoxy) is 1. The average molecular weight is 323 g/mol. The van der Waals surface area contributed by atoms with E-state index in [-0.39, 0.29) is 12.2 Å². The zero-order valence-electron chi connectivity index (χ0n) is 14.3. The van der Waals surface area contributed by atoms with Gasteiger partial charge in [0.1, 0.15) is 11.7 Å². The monoisotopic (exact) mass is 323 g/mol. The van der Waals surface area contributed by atoms with Gasteiger partial charge in [-0.1, -0.05) is 30.3 Å². The van der Waals surface area contributed by atoms with Crippen LogP contribution in [0.25, 0.3) is 0 Å². The molecular formula is C18H26FNO3. The highest BCUT2D eigenvalue weighted by atomic mass is 19.1. The molecule has 0 heterocycles. The van der Waals surface area contributed by atoms with Gasteiger partial charge < -0.3 is 10.1 Å². The van der Waals surface area contributed by atoms with Crippen LogP contribution in [0.5, 0.6) is 0 Å². The van der Waals surface area contributed by atoms with E-state index in [1.54, 1.807) is 14.0 Å². The Kier molecular flexibility index (Phi) is 7.36. The number of Topliss-reactive ketones (excluding diaryl/α,β-unsaturated/α-hetero) is 1. The van der Waals surface area contributed by atoms with Gasteiger partial charge in [0.15, 0.2) is 11.9 Å². The van der Waals surface area contributed by atoms with Crippen LogP contribution in [0.1, 0.15) is 39.2 Å². The van der Waals surface area contributed by atoms with Gasteiger partial charge in [-0.25, -0.2) is 4.39 Å². The summed E-state index contributed by atoms with van der Waals surface area (Å²) in [4.78, 5) is 24.1. The molecule has 4 nitrogen and oxygen atoms in total. The maximum Gasteiger partial charge on any atom is 0.323 e. The Morgan fingerprint density at radius 2 is 1.87 bits per heavy atom. The van der Waals surface area contributed by atoms with Crippen molar-refractivity contribution in [2.45, 2.75) is 57.8 Å². The zero-order chi connectivity index (χ0) is 17.5. The van der Waals surface area contributed by atoms with Crippen LogP contribution < -0.4 is 5.32 Å². The third kappa shape index (κ3) is 7.37. The first-order valence-corrected chi connectivity index (χ1v) is 7.86. The number of ketones is 1. The van der Waals surface area contributed by atoms with E-state index < -0.39 is 23.8 Å². The Labute approximate surface area is 137 Å².